The molecule has 3 aromatic carbocycles. The Bertz CT molecular complexity index is 987. The average molecular weight is 382 g/mol. The molecule has 0 bridgehead atoms. The van der Waals surface area contributed by atoms with E-state index in [1.807, 2.05) is 6.07 Å². The van der Waals surface area contributed by atoms with Gasteiger partial charge in [-0.1, -0.05) is 91.0 Å². The largest absolute Gasteiger partial charge is 0.493 e. The molecule has 0 saturated heterocycles. The highest BCUT2D eigenvalue weighted by Crippen LogP contribution is 2.26. The molecule has 0 unspecified atom stereocenters. The van der Waals surface area contributed by atoms with Gasteiger partial charge in [-0.05, 0) is 40.9 Å². The Kier molecular flexibility index (Phi) is 6.23. The van der Waals surface area contributed by atoms with Crippen molar-refractivity contribution < 1.29 is 4.74 Å². The minimum atomic E-state index is 0.818. The quantitative estimate of drug-likeness (QED) is 0.466. The molecule has 3 aromatic rings. The van der Waals surface area contributed by atoms with Gasteiger partial charge in [-0.2, -0.15) is 0 Å². The molecular formula is C27H27NO. The van der Waals surface area contributed by atoms with Crippen LogP contribution in [0.3, 0.4) is 0 Å². The van der Waals surface area contributed by atoms with E-state index in [0.29, 0.717) is 0 Å². The van der Waals surface area contributed by atoms with Crippen LogP contribution in [0.15, 0.2) is 91.0 Å². The van der Waals surface area contributed by atoms with E-state index >= 15 is 0 Å². The Hall–Kier alpha value is -3.10. The van der Waals surface area contributed by atoms with Gasteiger partial charge < -0.3 is 4.74 Å². The Labute approximate surface area is 173 Å². The van der Waals surface area contributed by atoms with Gasteiger partial charge in [0.25, 0.3) is 0 Å². The molecule has 146 valence electrons. The van der Waals surface area contributed by atoms with E-state index < -0.39 is 0 Å². The summed E-state index contributed by atoms with van der Waals surface area (Å²) >= 11 is 0. The van der Waals surface area contributed by atoms with Gasteiger partial charge in [0.15, 0.2) is 0 Å². The predicted octanol–water partition coefficient (Wildman–Crippen LogP) is 5.99. The van der Waals surface area contributed by atoms with Crippen LogP contribution >= 0.6 is 0 Å². The van der Waals surface area contributed by atoms with Crippen molar-refractivity contribution in [3.8, 4) is 16.9 Å². The van der Waals surface area contributed by atoms with Crippen molar-refractivity contribution in [3.05, 3.63) is 108 Å². The second kappa shape index (κ2) is 9.40. The molecule has 2 nitrogen and oxygen atoms in total. The summed E-state index contributed by atoms with van der Waals surface area (Å²) in [7, 11) is 2.15. The normalized spacial score (nSPS) is 13.3. The first kappa shape index (κ1) is 19.2. The second-order valence-electron chi connectivity index (χ2n) is 7.51. The number of rotatable bonds is 7. The Balaban J connectivity index is 1.26. The van der Waals surface area contributed by atoms with E-state index in [-0.39, 0.29) is 0 Å². The molecule has 0 aromatic heterocycles. The summed E-state index contributed by atoms with van der Waals surface area (Å²) in [6, 6.07) is 25.7. The summed E-state index contributed by atoms with van der Waals surface area (Å²) in [6.45, 7) is 2.69. The number of nitrogens with zero attached hydrogens (tertiary/aromatic N) is 1. The molecule has 2 heteroatoms. The molecule has 0 atom stereocenters. The van der Waals surface area contributed by atoms with E-state index in [9.17, 15) is 0 Å². The molecule has 29 heavy (non-hydrogen) atoms. The van der Waals surface area contributed by atoms with E-state index in [2.05, 4.69) is 103 Å². The Morgan fingerprint density at radius 3 is 2.52 bits per heavy atom. The van der Waals surface area contributed by atoms with Crippen LogP contribution in [-0.2, 0) is 13.0 Å². The third-order valence-corrected chi connectivity index (χ3v) is 5.18. The van der Waals surface area contributed by atoms with Crippen molar-refractivity contribution in [2.45, 2.75) is 13.0 Å². The highest BCUT2D eigenvalue weighted by Gasteiger charge is 2.12. The summed E-state index contributed by atoms with van der Waals surface area (Å²) in [4.78, 5) is 2.32. The number of fused-ring (bicyclic) bond motifs is 1. The molecule has 4 rings (SSSR count). The van der Waals surface area contributed by atoms with Gasteiger partial charge >= 0.3 is 0 Å². The number of likely N-dealkylation sites (N-methyl/N-ethyl adjacent to an activating group) is 1. The lowest BCUT2D eigenvalue weighted by Gasteiger charge is -2.14. The number of hydrogen-bond donors (Lipinski definition) is 0. The van der Waals surface area contributed by atoms with Gasteiger partial charge in [-0.3, -0.25) is 4.90 Å². The number of benzene rings is 3. The van der Waals surface area contributed by atoms with Gasteiger partial charge in [0.2, 0.25) is 0 Å². The zero-order chi connectivity index (χ0) is 19.9. The van der Waals surface area contributed by atoms with E-state index in [1.54, 1.807) is 0 Å². The van der Waals surface area contributed by atoms with Gasteiger partial charge in [-0.15, -0.1) is 0 Å². The highest BCUT2D eigenvalue weighted by atomic mass is 16.5. The predicted molar refractivity (Wildman–Crippen MR) is 122 cm³/mol. The van der Waals surface area contributed by atoms with Crippen molar-refractivity contribution in [2.24, 2.45) is 0 Å². The van der Waals surface area contributed by atoms with Crippen LogP contribution < -0.4 is 4.74 Å². The van der Waals surface area contributed by atoms with Gasteiger partial charge in [0.1, 0.15) is 5.75 Å². The third-order valence-electron chi connectivity index (χ3n) is 5.18. The first-order valence-electron chi connectivity index (χ1n) is 10.2. The number of ether oxygens (including phenoxy) is 1. The van der Waals surface area contributed by atoms with Crippen molar-refractivity contribution in [1.29, 1.82) is 0 Å². The minimum absolute atomic E-state index is 0.818. The SMILES string of the molecule is CN(C/C=C/C=C/c1ccc(-c2ccccc2)cc1)Cc1ccc2c(c1)CCO2. The van der Waals surface area contributed by atoms with Gasteiger partial charge in [0.05, 0.1) is 6.61 Å². The lowest BCUT2D eigenvalue weighted by Crippen LogP contribution is -2.17. The maximum Gasteiger partial charge on any atom is 0.122 e. The topological polar surface area (TPSA) is 12.5 Å². The zero-order valence-electron chi connectivity index (χ0n) is 16.9. The third kappa shape index (κ3) is 5.24. The lowest BCUT2D eigenvalue weighted by atomic mass is 10.0. The molecule has 0 radical (unpaired) electrons. The summed E-state index contributed by atoms with van der Waals surface area (Å²) < 4.78 is 5.58. The van der Waals surface area contributed by atoms with E-state index in [1.165, 1.54) is 27.8 Å². The number of hydrogen-bond acceptors (Lipinski definition) is 2. The van der Waals surface area contributed by atoms with Gasteiger partial charge in [-0.25, -0.2) is 0 Å². The number of allylic oxidation sites excluding steroid dienone is 2. The smallest absolute Gasteiger partial charge is 0.122 e. The average Bonchev–Trinajstić information content (AvgIpc) is 3.22. The van der Waals surface area contributed by atoms with Crippen LogP contribution in [0.25, 0.3) is 17.2 Å². The highest BCUT2D eigenvalue weighted by molar-refractivity contribution is 5.65. The van der Waals surface area contributed by atoms with E-state index in [4.69, 9.17) is 4.74 Å². The maximum absolute atomic E-state index is 5.58. The molecule has 1 aliphatic heterocycles. The van der Waals surface area contributed by atoms with Crippen LogP contribution in [0.2, 0.25) is 0 Å². The molecule has 0 saturated carbocycles. The zero-order valence-corrected chi connectivity index (χ0v) is 16.9. The Morgan fingerprint density at radius 1 is 0.897 bits per heavy atom. The molecule has 0 fully saturated rings. The van der Waals surface area contributed by atoms with Crippen molar-refractivity contribution in [3.63, 3.8) is 0 Å². The molecule has 0 N–H and O–H groups in total. The summed E-state index contributed by atoms with van der Waals surface area (Å²) in [5, 5.41) is 0. The van der Waals surface area contributed by atoms with E-state index in [0.717, 1.165) is 31.9 Å². The molecular weight excluding hydrogens is 354 g/mol. The Morgan fingerprint density at radius 2 is 1.69 bits per heavy atom. The van der Waals surface area contributed by atoms with Crippen LogP contribution in [0.5, 0.6) is 5.75 Å². The van der Waals surface area contributed by atoms with Crippen molar-refractivity contribution in [1.82, 2.24) is 4.90 Å². The lowest BCUT2D eigenvalue weighted by molar-refractivity contribution is 0.355. The fourth-order valence-corrected chi connectivity index (χ4v) is 3.62. The summed E-state index contributed by atoms with van der Waals surface area (Å²) in [6.07, 6.45) is 9.61. The van der Waals surface area contributed by atoms with Crippen LogP contribution in [0, 0.1) is 0 Å². The monoisotopic (exact) mass is 381 g/mol. The van der Waals surface area contributed by atoms with Gasteiger partial charge in [0, 0.05) is 19.5 Å². The molecule has 1 aliphatic rings. The second-order valence-corrected chi connectivity index (χ2v) is 7.51. The first-order chi connectivity index (χ1) is 14.3. The standard InChI is InChI=1S/C27H27NO/c1-28(21-23-13-16-27-26(20-23)17-19-29-27)18-7-3-4-8-22-11-14-25(15-12-22)24-9-5-2-6-10-24/h2-16,20H,17-19,21H2,1H3/b7-3+,8-4+. The van der Waals surface area contributed by atoms with Crippen LogP contribution in [-0.4, -0.2) is 25.1 Å². The van der Waals surface area contributed by atoms with Crippen LogP contribution in [0.1, 0.15) is 16.7 Å². The minimum Gasteiger partial charge on any atom is -0.493 e. The summed E-state index contributed by atoms with van der Waals surface area (Å²) in [5.74, 6) is 1.05. The van der Waals surface area contributed by atoms with Crippen LogP contribution in [0.4, 0.5) is 0 Å². The fraction of sp³-hybridized carbons (Fsp3) is 0.185. The summed E-state index contributed by atoms with van der Waals surface area (Å²) in [5.41, 5.74) is 6.40. The first-order valence-corrected chi connectivity index (χ1v) is 10.2. The van der Waals surface area contributed by atoms with Crippen molar-refractivity contribution >= 4 is 6.08 Å². The fourth-order valence-electron chi connectivity index (χ4n) is 3.62. The maximum atomic E-state index is 5.58. The molecule has 0 aliphatic carbocycles. The molecule has 1 heterocycles. The molecule has 0 amide bonds. The van der Waals surface area contributed by atoms with Crippen molar-refractivity contribution in [2.75, 3.05) is 20.2 Å². The molecule has 0 spiro atoms.